The quantitative estimate of drug-likeness (QED) is 0.549. The molecular weight excluding hydrogens is 358 g/mol. The number of aryl methyl sites for hydroxylation is 1. The molecule has 7 nitrogen and oxygen atoms in total. The van der Waals surface area contributed by atoms with Gasteiger partial charge in [-0.15, -0.1) is 0 Å². The molecule has 0 atom stereocenters. The molecule has 0 aliphatic carbocycles. The molecule has 0 fully saturated rings. The van der Waals surface area contributed by atoms with Crippen LogP contribution in [0, 0.1) is 0 Å². The van der Waals surface area contributed by atoms with Gasteiger partial charge >= 0.3 is 5.97 Å². The minimum Gasteiger partial charge on any atom is -0.456 e. The molecule has 0 radical (unpaired) electrons. The second kappa shape index (κ2) is 8.85. The number of hydrogen-bond donors (Lipinski definition) is 3. The Labute approximate surface area is 162 Å². The lowest BCUT2D eigenvalue weighted by molar-refractivity contribution is -0.147. The van der Waals surface area contributed by atoms with Crippen LogP contribution >= 0.6 is 0 Å². The van der Waals surface area contributed by atoms with E-state index in [1.165, 1.54) is 6.92 Å². The van der Waals surface area contributed by atoms with E-state index in [0.29, 0.717) is 17.8 Å². The Morgan fingerprint density at radius 3 is 2.54 bits per heavy atom. The Hall–Kier alpha value is -3.61. The standard InChI is InChI=1S/C21H21N3O4/c1-14(25)23-16-5-4-6-17(11-16)24-20(26)13-28-21(27)10-9-15-12-22-19-8-3-2-7-18(15)19/h2-8,11-12,22H,9-10,13H2,1H3,(H,23,25)(H,24,26). The molecular formula is C21H21N3O4. The number of fused-ring (bicyclic) bond motifs is 1. The van der Waals surface area contributed by atoms with E-state index in [1.54, 1.807) is 24.3 Å². The average molecular weight is 379 g/mol. The number of aromatic amines is 1. The summed E-state index contributed by atoms with van der Waals surface area (Å²) >= 11 is 0. The number of para-hydroxylation sites is 1. The van der Waals surface area contributed by atoms with Gasteiger partial charge in [0.05, 0.1) is 0 Å². The van der Waals surface area contributed by atoms with Crippen molar-refractivity contribution in [2.45, 2.75) is 19.8 Å². The van der Waals surface area contributed by atoms with Crippen molar-refractivity contribution in [3.05, 3.63) is 60.3 Å². The molecule has 0 aliphatic rings. The van der Waals surface area contributed by atoms with Gasteiger partial charge in [-0.3, -0.25) is 14.4 Å². The van der Waals surface area contributed by atoms with E-state index in [0.717, 1.165) is 16.5 Å². The first-order valence-electron chi connectivity index (χ1n) is 8.89. The molecule has 2 amide bonds. The van der Waals surface area contributed by atoms with Gasteiger partial charge in [-0.2, -0.15) is 0 Å². The van der Waals surface area contributed by atoms with E-state index in [4.69, 9.17) is 4.74 Å². The maximum Gasteiger partial charge on any atom is 0.306 e. The van der Waals surface area contributed by atoms with Crippen LogP contribution in [0.1, 0.15) is 18.9 Å². The minimum atomic E-state index is -0.444. The van der Waals surface area contributed by atoms with Gasteiger partial charge in [-0.25, -0.2) is 0 Å². The van der Waals surface area contributed by atoms with Crippen LogP contribution in [0.4, 0.5) is 11.4 Å². The molecule has 1 heterocycles. The van der Waals surface area contributed by atoms with Gasteiger partial charge in [0.15, 0.2) is 6.61 Å². The average Bonchev–Trinajstić information content (AvgIpc) is 3.08. The van der Waals surface area contributed by atoms with Crippen molar-refractivity contribution in [1.29, 1.82) is 0 Å². The van der Waals surface area contributed by atoms with Crippen LogP contribution in [0.25, 0.3) is 10.9 Å². The molecule has 7 heteroatoms. The highest BCUT2D eigenvalue weighted by molar-refractivity contribution is 5.94. The van der Waals surface area contributed by atoms with Crippen LogP contribution in [0.2, 0.25) is 0 Å². The number of hydrogen-bond acceptors (Lipinski definition) is 4. The van der Waals surface area contributed by atoms with Gasteiger partial charge in [0.1, 0.15) is 0 Å². The van der Waals surface area contributed by atoms with E-state index < -0.39 is 11.9 Å². The molecule has 144 valence electrons. The summed E-state index contributed by atoms with van der Waals surface area (Å²) in [6.07, 6.45) is 2.60. The summed E-state index contributed by atoms with van der Waals surface area (Å²) in [5.74, 6) is -1.08. The van der Waals surface area contributed by atoms with Crippen LogP contribution in [0.5, 0.6) is 0 Å². The zero-order chi connectivity index (χ0) is 19.9. The van der Waals surface area contributed by atoms with Gasteiger partial charge in [0.2, 0.25) is 5.91 Å². The summed E-state index contributed by atoms with van der Waals surface area (Å²) in [7, 11) is 0. The second-order valence-electron chi connectivity index (χ2n) is 6.33. The minimum absolute atomic E-state index is 0.188. The Bertz CT molecular complexity index is 1010. The number of nitrogens with one attached hydrogen (secondary N) is 3. The number of carbonyl (C=O) groups excluding carboxylic acids is 3. The Balaban J connectivity index is 1.45. The number of anilines is 2. The first-order chi connectivity index (χ1) is 13.5. The summed E-state index contributed by atoms with van der Waals surface area (Å²) in [6.45, 7) is 1.04. The molecule has 3 N–H and O–H groups in total. The van der Waals surface area contributed by atoms with Crippen LogP contribution in [0.15, 0.2) is 54.7 Å². The summed E-state index contributed by atoms with van der Waals surface area (Å²) < 4.78 is 5.05. The molecule has 28 heavy (non-hydrogen) atoms. The van der Waals surface area contributed by atoms with Crippen molar-refractivity contribution in [2.24, 2.45) is 0 Å². The Morgan fingerprint density at radius 2 is 1.75 bits per heavy atom. The largest absolute Gasteiger partial charge is 0.456 e. The lowest BCUT2D eigenvalue weighted by Gasteiger charge is -2.08. The smallest absolute Gasteiger partial charge is 0.306 e. The van der Waals surface area contributed by atoms with Gasteiger partial charge in [-0.05, 0) is 36.2 Å². The van der Waals surface area contributed by atoms with E-state index in [-0.39, 0.29) is 18.9 Å². The third-order valence-corrected chi connectivity index (χ3v) is 4.10. The van der Waals surface area contributed by atoms with E-state index >= 15 is 0 Å². The monoisotopic (exact) mass is 379 g/mol. The van der Waals surface area contributed by atoms with Crippen molar-refractivity contribution in [3.8, 4) is 0 Å². The molecule has 0 spiro atoms. The van der Waals surface area contributed by atoms with Crippen LogP contribution in [0.3, 0.4) is 0 Å². The molecule has 3 aromatic rings. The maximum absolute atomic E-state index is 12.0. The number of benzene rings is 2. The Kier molecular flexibility index (Phi) is 6.06. The number of carbonyl (C=O) groups is 3. The fourth-order valence-electron chi connectivity index (χ4n) is 2.87. The highest BCUT2D eigenvalue weighted by atomic mass is 16.5. The number of esters is 1. The molecule has 0 aliphatic heterocycles. The van der Waals surface area contributed by atoms with Crippen molar-refractivity contribution >= 4 is 40.1 Å². The fraction of sp³-hybridized carbons (Fsp3) is 0.190. The maximum atomic E-state index is 12.0. The van der Waals surface area contributed by atoms with Gasteiger partial charge in [-0.1, -0.05) is 24.3 Å². The molecule has 0 bridgehead atoms. The van der Waals surface area contributed by atoms with Crippen molar-refractivity contribution in [1.82, 2.24) is 4.98 Å². The molecule has 1 aromatic heterocycles. The summed E-state index contributed by atoms with van der Waals surface area (Å²) in [5.41, 5.74) is 3.13. The number of amides is 2. The summed E-state index contributed by atoms with van der Waals surface area (Å²) in [6, 6.07) is 14.6. The van der Waals surface area contributed by atoms with Crippen molar-refractivity contribution in [3.63, 3.8) is 0 Å². The van der Waals surface area contributed by atoms with Gasteiger partial charge in [0, 0.05) is 41.8 Å². The van der Waals surface area contributed by atoms with Crippen molar-refractivity contribution in [2.75, 3.05) is 17.2 Å². The van der Waals surface area contributed by atoms with E-state index in [1.807, 2.05) is 30.5 Å². The molecule has 2 aromatic carbocycles. The van der Waals surface area contributed by atoms with Crippen LogP contribution in [-0.4, -0.2) is 29.4 Å². The highest BCUT2D eigenvalue weighted by Gasteiger charge is 2.10. The molecule has 0 unspecified atom stereocenters. The molecule has 0 saturated carbocycles. The second-order valence-corrected chi connectivity index (χ2v) is 6.33. The van der Waals surface area contributed by atoms with Gasteiger partial charge < -0.3 is 20.4 Å². The predicted molar refractivity (Wildman–Crippen MR) is 107 cm³/mol. The first-order valence-corrected chi connectivity index (χ1v) is 8.89. The Morgan fingerprint density at radius 1 is 1.00 bits per heavy atom. The van der Waals surface area contributed by atoms with Crippen molar-refractivity contribution < 1.29 is 19.1 Å². The van der Waals surface area contributed by atoms with Gasteiger partial charge in [0.25, 0.3) is 5.91 Å². The summed E-state index contributed by atoms with van der Waals surface area (Å²) in [4.78, 5) is 38.2. The number of H-pyrrole nitrogens is 1. The lowest BCUT2D eigenvalue weighted by atomic mass is 10.1. The normalized spacial score (nSPS) is 10.5. The third-order valence-electron chi connectivity index (χ3n) is 4.10. The molecule has 3 rings (SSSR count). The zero-order valence-electron chi connectivity index (χ0n) is 15.5. The topological polar surface area (TPSA) is 100 Å². The van der Waals surface area contributed by atoms with E-state index in [2.05, 4.69) is 15.6 Å². The first kappa shape index (κ1) is 19.2. The van der Waals surface area contributed by atoms with Crippen LogP contribution in [-0.2, 0) is 25.5 Å². The highest BCUT2D eigenvalue weighted by Crippen LogP contribution is 2.19. The zero-order valence-corrected chi connectivity index (χ0v) is 15.5. The summed E-state index contributed by atoms with van der Waals surface area (Å²) in [5, 5.41) is 6.34. The number of ether oxygens (including phenoxy) is 1. The molecule has 0 saturated heterocycles. The third kappa shape index (κ3) is 5.20. The van der Waals surface area contributed by atoms with Crippen LogP contribution < -0.4 is 10.6 Å². The number of rotatable bonds is 7. The lowest BCUT2D eigenvalue weighted by Crippen LogP contribution is -2.21. The predicted octanol–water partition coefficient (Wildman–Crippen LogP) is 3.24. The van der Waals surface area contributed by atoms with E-state index in [9.17, 15) is 14.4 Å². The SMILES string of the molecule is CC(=O)Nc1cccc(NC(=O)COC(=O)CCc2c[nH]c3ccccc23)c1. The fourth-order valence-corrected chi connectivity index (χ4v) is 2.87. The number of aromatic nitrogens is 1.